The van der Waals surface area contributed by atoms with Crippen molar-refractivity contribution in [2.24, 2.45) is 0 Å². The number of rotatable bonds is 6. The molecule has 0 saturated carbocycles. The molecule has 13 heteroatoms. The van der Waals surface area contributed by atoms with Gasteiger partial charge in [-0.1, -0.05) is 11.6 Å². The Kier molecular flexibility index (Phi) is 6.73. The summed E-state index contributed by atoms with van der Waals surface area (Å²) in [6.07, 6.45) is 0. The van der Waals surface area contributed by atoms with E-state index in [9.17, 15) is 18.0 Å². The molecular formula is C18H17ClN4O7S. The third kappa shape index (κ3) is 4.93. The van der Waals surface area contributed by atoms with Crippen LogP contribution in [0.3, 0.4) is 0 Å². The van der Waals surface area contributed by atoms with Crippen LogP contribution < -0.4 is 9.62 Å². The molecule has 0 unspecified atom stereocenters. The van der Waals surface area contributed by atoms with Crippen LogP contribution in [0.5, 0.6) is 0 Å². The van der Waals surface area contributed by atoms with Crippen molar-refractivity contribution in [1.29, 1.82) is 0 Å². The van der Waals surface area contributed by atoms with Gasteiger partial charge in [-0.2, -0.15) is 0 Å². The molecule has 1 N–H and O–H groups in total. The van der Waals surface area contributed by atoms with Gasteiger partial charge in [0.25, 0.3) is 10.0 Å². The van der Waals surface area contributed by atoms with E-state index in [1.807, 2.05) is 0 Å². The fourth-order valence-electron chi connectivity index (χ4n) is 2.72. The first kappa shape index (κ1) is 22.5. The third-order valence-electron chi connectivity index (χ3n) is 4.16. The highest BCUT2D eigenvalue weighted by molar-refractivity contribution is 7.92. The molecule has 3 rings (SSSR count). The highest BCUT2D eigenvalue weighted by atomic mass is 35.5. The number of aromatic nitrogens is 2. The number of hydrogen-bond acceptors (Lipinski definition) is 10. The molecule has 1 aliphatic heterocycles. The van der Waals surface area contributed by atoms with Crippen LogP contribution in [0.4, 0.5) is 11.5 Å². The van der Waals surface area contributed by atoms with E-state index in [2.05, 4.69) is 14.9 Å². The van der Waals surface area contributed by atoms with Crippen LogP contribution in [0.1, 0.15) is 0 Å². The van der Waals surface area contributed by atoms with Crippen LogP contribution in [0, 0.1) is 0 Å². The molecule has 0 fully saturated rings. The van der Waals surface area contributed by atoms with Crippen molar-refractivity contribution in [2.75, 3.05) is 37.2 Å². The molecule has 0 aliphatic carbocycles. The average molecular weight is 469 g/mol. The highest BCUT2D eigenvalue weighted by Crippen LogP contribution is 2.28. The minimum Gasteiger partial charge on any atom is -0.466 e. The topological polar surface area (TPSA) is 137 Å². The van der Waals surface area contributed by atoms with Gasteiger partial charge in [-0.3, -0.25) is 4.72 Å². The molecule has 0 amide bonds. The lowest BCUT2D eigenvalue weighted by Crippen LogP contribution is -2.38. The summed E-state index contributed by atoms with van der Waals surface area (Å²) in [7, 11) is -1.60. The van der Waals surface area contributed by atoms with Gasteiger partial charge in [0.2, 0.25) is 0 Å². The second-order valence-electron chi connectivity index (χ2n) is 6.06. The molecule has 2 aromatic rings. The van der Waals surface area contributed by atoms with Crippen molar-refractivity contribution in [3.8, 4) is 0 Å². The summed E-state index contributed by atoms with van der Waals surface area (Å²) in [6, 6.07) is 8.31. The number of sulfonamides is 1. The van der Waals surface area contributed by atoms with Gasteiger partial charge in [0.15, 0.2) is 11.0 Å². The summed E-state index contributed by atoms with van der Waals surface area (Å²) in [4.78, 5) is 25.7. The second-order valence-corrected chi connectivity index (χ2v) is 8.13. The highest BCUT2D eigenvalue weighted by Gasteiger charge is 2.32. The Balaban J connectivity index is 1.91. The molecule has 164 valence electrons. The smallest absolute Gasteiger partial charge is 0.355 e. The lowest BCUT2D eigenvalue weighted by molar-refractivity contribution is -0.140. The standard InChI is InChI=1S/C18H17ClN4O7S/c1-28-17(24)13-9-30-10-23(16(13)18(25)29-2)11-3-5-12(6-4-11)31(26,27)22-15-8-7-14(19)20-21-15/h3-8H,9-10H2,1-2H3,(H,21,22). The summed E-state index contributed by atoms with van der Waals surface area (Å²) in [5.74, 6) is -1.50. The molecule has 0 atom stereocenters. The van der Waals surface area contributed by atoms with Crippen molar-refractivity contribution in [3.63, 3.8) is 0 Å². The Morgan fingerprint density at radius 3 is 2.32 bits per heavy atom. The molecule has 0 radical (unpaired) electrons. The van der Waals surface area contributed by atoms with Gasteiger partial charge in [0.05, 0.1) is 31.3 Å². The lowest BCUT2D eigenvalue weighted by atomic mass is 10.1. The first-order valence-electron chi connectivity index (χ1n) is 8.64. The van der Waals surface area contributed by atoms with Gasteiger partial charge >= 0.3 is 11.9 Å². The van der Waals surface area contributed by atoms with E-state index in [1.165, 1.54) is 55.5 Å². The van der Waals surface area contributed by atoms with E-state index in [1.54, 1.807) is 0 Å². The molecule has 1 aliphatic rings. The molecule has 0 bridgehead atoms. The molecule has 31 heavy (non-hydrogen) atoms. The predicted octanol–water partition coefficient (Wildman–Crippen LogP) is 1.32. The number of benzene rings is 1. The lowest BCUT2D eigenvalue weighted by Gasteiger charge is -2.31. The van der Waals surface area contributed by atoms with Crippen molar-refractivity contribution in [2.45, 2.75) is 4.90 Å². The number of esters is 2. The van der Waals surface area contributed by atoms with Gasteiger partial charge in [-0.05, 0) is 36.4 Å². The van der Waals surface area contributed by atoms with E-state index in [-0.39, 0.29) is 40.5 Å². The molecular weight excluding hydrogens is 452 g/mol. The van der Waals surface area contributed by atoms with Gasteiger partial charge in [0.1, 0.15) is 12.4 Å². The van der Waals surface area contributed by atoms with Crippen molar-refractivity contribution in [3.05, 3.63) is 52.8 Å². The summed E-state index contributed by atoms with van der Waals surface area (Å²) >= 11 is 5.64. The maximum atomic E-state index is 12.6. The quantitative estimate of drug-likeness (QED) is 0.618. The third-order valence-corrected chi connectivity index (χ3v) is 5.73. The molecule has 2 heterocycles. The Bertz CT molecular complexity index is 1120. The minimum atomic E-state index is -3.96. The summed E-state index contributed by atoms with van der Waals surface area (Å²) in [5, 5.41) is 7.35. The molecule has 11 nitrogen and oxygen atoms in total. The monoisotopic (exact) mass is 468 g/mol. The maximum Gasteiger partial charge on any atom is 0.355 e. The number of ether oxygens (including phenoxy) is 3. The minimum absolute atomic E-state index is 0.00321. The first-order valence-corrected chi connectivity index (χ1v) is 10.5. The summed E-state index contributed by atoms with van der Waals surface area (Å²) in [5.41, 5.74) is 0.331. The number of halogens is 1. The number of carbonyl (C=O) groups excluding carboxylic acids is 2. The number of hydrogen-bond donors (Lipinski definition) is 1. The van der Waals surface area contributed by atoms with Gasteiger partial charge in [-0.25, -0.2) is 18.0 Å². The van der Waals surface area contributed by atoms with Gasteiger partial charge in [-0.15, -0.1) is 10.2 Å². The number of nitrogens with zero attached hydrogens (tertiary/aromatic N) is 3. The second kappa shape index (κ2) is 9.29. The van der Waals surface area contributed by atoms with Crippen LogP contribution in [-0.4, -0.2) is 58.1 Å². The van der Waals surface area contributed by atoms with Crippen LogP contribution in [0.25, 0.3) is 0 Å². The Labute approximate surface area is 182 Å². The zero-order chi connectivity index (χ0) is 22.6. The number of carbonyl (C=O) groups is 2. The SMILES string of the molecule is COC(=O)C1=C(C(=O)OC)N(c2ccc(S(=O)(=O)Nc3ccc(Cl)nn3)cc2)COC1. The molecule has 1 aromatic carbocycles. The Morgan fingerprint density at radius 2 is 1.74 bits per heavy atom. The average Bonchev–Trinajstić information content (AvgIpc) is 2.79. The van der Waals surface area contributed by atoms with E-state index in [0.29, 0.717) is 5.69 Å². The van der Waals surface area contributed by atoms with Crippen molar-refractivity contribution in [1.82, 2.24) is 10.2 Å². The predicted molar refractivity (Wildman–Crippen MR) is 109 cm³/mol. The van der Waals surface area contributed by atoms with E-state index in [4.69, 9.17) is 25.8 Å². The molecule has 1 aromatic heterocycles. The van der Waals surface area contributed by atoms with E-state index in [0.717, 1.165) is 0 Å². The zero-order valence-electron chi connectivity index (χ0n) is 16.4. The van der Waals surface area contributed by atoms with E-state index >= 15 is 0 Å². The maximum absolute atomic E-state index is 12.6. The first-order chi connectivity index (χ1) is 14.8. The summed E-state index contributed by atoms with van der Waals surface area (Å²) in [6.45, 7) is -0.193. The number of nitrogens with one attached hydrogen (secondary N) is 1. The Morgan fingerprint density at radius 1 is 1.06 bits per heavy atom. The van der Waals surface area contributed by atoms with E-state index < -0.39 is 22.0 Å². The van der Waals surface area contributed by atoms with Crippen LogP contribution in [-0.2, 0) is 33.8 Å². The Hall–Kier alpha value is -3.22. The zero-order valence-corrected chi connectivity index (χ0v) is 17.9. The number of anilines is 2. The molecule has 0 saturated heterocycles. The van der Waals surface area contributed by atoms with Crippen molar-refractivity contribution < 1.29 is 32.2 Å². The summed E-state index contributed by atoms with van der Waals surface area (Å²) < 4.78 is 42.3. The number of methoxy groups -OCH3 is 2. The molecule has 0 spiro atoms. The van der Waals surface area contributed by atoms with Crippen molar-refractivity contribution >= 4 is 45.1 Å². The fraction of sp³-hybridized carbons (Fsp3) is 0.222. The van der Waals surface area contributed by atoms with Crippen LogP contribution in [0.15, 0.2) is 52.6 Å². The fourth-order valence-corrected chi connectivity index (χ4v) is 3.82. The van der Waals surface area contributed by atoms with Crippen LogP contribution in [0.2, 0.25) is 5.15 Å². The largest absolute Gasteiger partial charge is 0.466 e. The van der Waals surface area contributed by atoms with Gasteiger partial charge < -0.3 is 19.1 Å². The van der Waals surface area contributed by atoms with Crippen LogP contribution >= 0.6 is 11.6 Å². The van der Waals surface area contributed by atoms with Gasteiger partial charge in [0, 0.05) is 5.69 Å². The normalized spacial score (nSPS) is 14.2.